The minimum Gasteiger partial charge on any atom is -0.121 e. The van der Waals surface area contributed by atoms with E-state index in [2.05, 4.69) is 79.8 Å². The highest BCUT2D eigenvalue weighted by atomic mass is 35.8. The summed E-state index contributed by atoms with van der Waals surface area (Å²) in [6, 6.07) is 21.8. The van der Waals surface area contributed by atoms with Crippen molar-refractivity contribution in [1.29, 1.82) is 0 Å². The molecular formula is C23H19Cl3Si. The van der Waals surface area contributed by atoms with Crippen molar-refractivity contribution in [2.45, 2.75) is 6.92 Å². The van der Waals surface area contributed by atoms with Gasteiger partial charge in [0.2, 0.25) is 0 Å². The fourth-order valence-electron chi connectivity index (χ4n) is 2.56. The maximum absolute atomic E-state index is 6.02. The number of halogens is 3. The topological polar surface area (TPSA) is 0 Å². The third-order valence-electron chi connectivity index (χ3n) is 4.19. The second-order valence-electron chi connectivity index (χ2n) is 6.36. The van der Waals surface area contributed by atoms with Crippen molar-refractivity contribution >= 4 is 68.7 Å². The lowest BCUT2D eigenvalue weighted by Gasteiger charge is -2.07. The van der Waals surface area contributed by atoms with E-state index in [1.165, 1.54) is 16.7 Å². The van der Waals surface area contributed by atoms with Gasteiger partial charge in [-0.25, -0.2) is 0 Å². The highest BCUT2D eigenvalue weighted by molar-refractivity contribution is 7.69. The van der Waals surface area contributed by atoms with Crippen molar-refractivity contribution in [1.82, 2.24) is 0 Å². The summed E-state index contributed by atoms with van der Waals surface area (Å²) in [5.74, 6) is 0. The highest BCUT2D eigenvalue weighted by Gasteiger charge is 2.27. The Bertz CT molecular complexity index is 933. The quantitative estimate of drug-likeness (QED) is 0.228. The summed E-state index contributed by atoms with van der Waals surface area (Å²) in [5.41, 5.74) is 5.86. The molecule has 136 valence electrons. The van der Waals surface area contributed by atoms with Crippen molar-refractivity contribution in [2.24, 2.45) is 0 Å². The first kappa shape index (κ1) is 20.0. The lowest BCUT2D eigenvalue weighted by molar-refractivity contribution is 1.46. The normalized spacial score (nSPS) is 12.1. The van der Waals surface area contributed by atoms with Gasteiger partial charge >= 0.3 is 6.00 Å². The molecule has 0 N–H and O–H groups in total. The number of hydrogen-bond acceptors (Lipinski definition) is 0. The number of hydrogen-bond donors (Lipinski definition) is 0. The van der Waals surface area contributed by atoms with Crippen LogP contribution in [-0.2, 0) is 0 Å². The molecule has 27 heavy (non-hydrogen) atoms. The summed E-state index contributed by atoms with van der Waals surface area (Å²) in [6.45, 7) is 2.09. The smallest absolute Gasteiger partial charge is 0.121 e. The molecule has 0 fully saturated rings. The second-order valence-corrected chi connectivity index (χ2v) is 14.8. The van der Waals surface area contributed by atoms with E-state index in [9.17, 15) is 0 Å². The fourth-order valence-corrected chi connectivity index (χ4v) is 4.24. The van der Waals surface area contributed by atoms with Crippen LogP contribution in [0.15, 0.2) is 72.8 Å². The summed E-state index contributed by atoms with van der Waals surface area (Å²) in [6.07, 6.45) is 8.38. The summed E-state index contributed by atoms with van der Waals surface area (Å²) < 4.78 is 0. The van der Waals surface area contributed by atoms with Gasteiger partial charge in [0.1, 0.15) is 0 Å². The Kier molecular flexibility index (Phi) is 6.62. The fraction of sp³-hybridized carbons (Fsp3) is 0.0435. The third kappa shape index (κ3) is 6.12. The van der Waals surface area contributed by atoms with Gasteiger partial charge in [-0.1, -0.05) is 103 Å². The van der Waals surface area contributed by atoms with Gasteiger partial charge in [0.15, 0.2) is 0 Å². The molecule has 0 aliphatic carbocycles. The van der Waals surface area contributed by atoms with E-state index in [1.54, 1.807) is 0 Å². The minimum atomic E-state index is -2.80. The standard InChI is InChI=1S/C23H19Cl3Si/c1-18-2-4-19(5-3-18)6-7-20-8-10-21(11-9-20)12-13-22-14-16-23(17-15-22)27(24,25)26/h2-17H,1H3/b7-6+,13-12+. The zero-order chi connectivity index (χ0) is 19.3. The van der Waals surface area contributed by atoms with Crippen LogP contribution in [0.4, 0.5) is 0 Å². The van der Waals surface area contributed by atoms with Crippen molar-refractivity contribution in [3.8, 4) is 0 Å². The summed E-state index contributed by atoms with van der Waals surface area (Å²) in [7, 11) is 0. The molecule has 0 aromatic heterocycles. The maximum atomic E-state index is 6.02. The van der Waals surface area contributed by atoms with Gasteiger partial charge in [0, 0.05) is 0 Å². The van der Waals surface area contributed by atoms with Crippen LogP contribution in [0.2, 0.25) is 0 Å². The molecule has 0 aliphatic heterocycles. The third-order valence-corrected chi connectivity index (χ3v) is 7.14. The van der Waals surface area contributed by atoms with Gasteiger partial charge < -0.3 is 0 Å². The second kappa shape index (κ2) is 8.94. The molecule has 0 nitrogen and oxygen atoms in total. The Balaban J connectivity index is 1.65. The van der Waals surface area contributed by atoms with E-state index in [4.69, 9.17) is 33.2 Å². The lowest BCUT2D eigenvalue weighted by atomic mass is 10.1. The molecule has 0 amide bonds. The van der Waals surface area contributed by atoms with E-state index in [-0.39, 0.29) is 0 Å². The summed E-state index contributed by atoms with van der Waals surface area (Å²) in [4.78, 5) is 0. The van der Waals surface area contributed by atoms with Crippen molar-refractivity contribution in [3.05, 3.63) is 101 Å². The first-order valence-electron chi connectivity index (χ1n) is 8.60. The molecule has 0 unspecified atom stereocenters. The predicted molar refractivity (Wildman–Crippen MR) is 125 cm³/mol. The molecule has 3 rings (SSSR count). The zero-order valence-corrected chi connectivity index (χ0v) is 18.1. The summed E-state index contributed by atoms with van der Waals surface area (Å²) in [5, 5.41) is 0.800. The molecule has 0 atom stereocenters. The van der Waals surface area contributed by atoms with Crippen molar-refractivity contribution < 1.29 is 0 Å². The first-order chi connectivity index (χ1) is 12.9. The van der Waals surface area contributed by atoms with Crippen LogP contribution < -0.4 is 5.19 Å². The van der Waals surface area contributed by atoms with E-state index < -0.39 is 6.00 Å². The van der Waals surface area contributed by atoms with Gasteiger partial charge in [-0.05, 0) is 34.4 Å². The van der Waals surface area contributed by atoms with Gasteiger partial charge in [-0.2, -0.15) is 0 Å². The van der Waals surface area contributed by atoms with Gasteiger partial charge in [0.05, 0.1) is 0 Å². The average molecular weight is 430 g/mol. The Labute approximate surface area is 175 Å². The highest BCUT2D eigenvalue weighted by Crippen LogP contribution is 2.20. The Hall–Kier alpha value is -1.77. The molecular weight excluding hydrogens is 411 g/mol. The maximum Gasteiger partial charge on any atom is 0.372 e. The Morgan fingerprint density at radius 2 is 0.815 bits per heavy atom. The predicted octanol–water partition coefficient (Wildman–Crippen LogP) is 7.20. The molecule has 0 radical (unpaired) electrons. The molecule has 0 aliphatic rings. The number of benzene rings is 3. The van der Waals surface area contributed by atoms with Gasteiger partial charge in [0.25, 0.3) is 0 Å². The van der Waals surface area contributed by atoms with Gasteiger partial charge in [-0.15, -0.1) is 33.2 Å². The largest absolute Gasteiger partial charge is 0.372 e. The molecule has 0 heterocycles. The van der Waals surface area contributed by atoms with Crippen LogP contribution >= 0.6 is 33.2 Å². The number of aryl methyl sites for hydroxylation is 1. The molecule has 0 saturated heterocycles. The van der Waals surface area contributed by atoms with E-state index in [1.807, 2.05) is 24.3 Å². The van der Waals surface area contributed by atoms with Crippen LogP contribution in [0.3, 0.4) is 0 Å². The van der Waals surface area contributed by atoms with Crippen molar-refractivity contribution in [2.75, 3.05) is 0 Å². The van der Waals surface area contributed by atoms with Crippen LogP contribution in [0.5, 0.6) is 0 Å². The molecule has 0 bridgehead atoms. The SMILES string of the molecule is Cc1ccc(/C=C/c2ccc(/C=C/c3ccc([Si](Cl)(Cl)Cl)cc3)cc2)cc1. The molecule has 0 spiro atoms. The average Bonchev–Trinajstić information content (AvgIpc) is 2.66. The Morgan fingerprint density at radius 3 is 1.15 bits per heavy atom. The van der Waals surface area contributed by atoms with Crippen LogP contribution in [0.25, 0.3) is 24.3 Å². The van der Waals surface area contributed by atoms with E-state index >= 15 is 0 Å². The molecule has 0 saturated carbocycles. The summed E-state index contributed by atoms with van der Waals surface area (Å²) >= 11 is 18.0. The van der Waals surface area contributed by atoms with Crippen LogP contribution in [-0.4, -0.2) is 6.00 Å². The van der Waals surface area contributed by atoms with E-state index in [0.29, 0.717) is 0 Å². The molecule has 3 aromatic rings. The zero-order valence-electron chi connectivity index (χ0n) is 14.9. The van der Waals surface area contributed by atoms with Crippen LogP contribution in [0, 0.1) is 6.92 Å². The Morgan fingerprint density at radius 1 is 0.519 bits per heavy atom. The van der Waals surface area contributed by atoms with Crippen molar-refractivity contribution in [3.63, 3.8) is 0 Å². The minimum absolute atomic E-state index is 0.800. The lowest BCUT2D eigenvalue weighted by Crippen LogP contribution is -2.29. The van der Waals surface area contributed by atoms with E-state index in [0.717, 1.165) is 16.3 Å². The first-order valence-corrected chi connectivity index (χ1v) is 13.6. The molecule has 4 heteroatoms. The monoisotopic (exact) mass is 428 g/mol. The van der Waals surface area contributed by atoms with Gasteiger partial charge in [-0.3, -0.25) is 0 Å². The number of rotatable bonds is 5. The molecule has 3 aromatic carbocycles. The van der Waals surface area contributed by atoms with Crippen LogP contribution in [0.1, 0.15) is 27.8 Å².